The summed E-state index contributed by atoms with van der Waals surface area (Å²) in [6.45, 7) is 1.91. The van der Waals surface area contributed by atoms with Crippen molar-refractivity contribution in [2.75, 3.05) is 0 Å². The molecular formula is C16H13ClN2O2S. The van der Waals surface area contributed by atoms with Gasteiger partial charge in [-0.15, -0.1) is 0 Å². The number of nitrogens with zero attached hydrogens (tertiary/aromatic N) is 2. The Balaban J connectivity index is 1.99. The molecule has 0 saturated carbocycles. The van der Waals surface area contributed by atoms with E-state index in [1.807, 2.05) is 6.92 Å². The van der Waals surface area contributed by atoms with E-state index in [-0.39, 0.29) is 4.90 Å². The largest absolute Gasteiger partial charge is 0.268 e. The standard InChI is InChI=1S/C16H13ClN2O2S/c1-12-2-8-15(9-3-12)22(20,21)19-10-16(18-11-19)13-4-6-14(17)7-5-13/h2-11H,1H3. The highest BCUT2D eigenvalue weighted by Gasteiger charge is 2.17. The molecule has 0 N–H and O–H groups in total. The lowest BCUT2D eigenvalue weighted by molar-refractivity contribution is 0.587. The van der Waals surface area contributed by atoms with Crippen LogP contribution in [0, 0.1) is 6.92 Å². The Labute approximate surface area is 134 Å². The molecule has 1 heterocycles. The molecule has 0 aliphatic carbocycles. The number of aryl methyl sites for hydroxylation is 1. The lowest BCUT2D eigenvalue weighted by Crippen LogP contribution is -2.10. The number of halogens is 1. The van der Waals surface area contributed by atoms with Gasteiger partial charge < -0.3 is 0 Å². The minimum atomic E-state index is -3.62. The molecule has 0 amide bonds. The summed E-state index contributed by atoms with van der Waals surface area (Å²) in [5.74, 6) is 0. The minimum absolute atomic E-state index is 0.234. The SMILES string of the molecule is Cc1ccc(S(=O)(=O)n2cnc(-c3ccc(Cl)cc3)c2)cc1. The van der Waals surface area contributed by atoms with Crippen LogP contribution in [0.1, 0.15) is 5.56 Å². The molecule has 0 unspecified atom stereocenters. The van der Waals surface area contributed by atoms with Crippen molar-refractivity contribution in [3.8, 4) is 11.3 Å². The second-order valence-electron chi connectivity index (χ2n) is 4.91. The van der Waals surface area contributed by atoms with Crippen molar-refractivity contribution < 1.29 is 8.42 Å². The van der Waals surface area contributed by atoms with Gasteiger partial charge in [0.1, 0.15) is 6.33 Å². The molecule has 0 aliphatic heterocycles. The average Bonchev–Trinajstić information content (AvgIpc) is 2.99. The van der Waals surface area contributed by atoms with E-state index in [1.54, 1.807) is 48.5 Å². The van der Waals surface area contributed by atoms with E-state index < -0.39 is 10.0 Å². The molecule has 0 saturated heterocycles. The summed E-state index contributed by atoms with van der Waals surface area (Å²) in [4.78, 5) is 4.40. The summed E-state index contributed by atoms with van der Waals surface area (Å²) in [7, 11) is -3.62. The molecule has 2 aromatic carbocycles. The van der Waals surface area contributed by atoms with Gasteiger partial charge in [0.15, 0.2) is 0 Å². The highest BCUT2D eigenvalue weighted by atomic mass is 35.5. The molecule has 0 atom stereocenters. The van der Waals surface area contributed by atoms with Crippen molar-refractivity contribution in [1.29, 1.82) is 0 Å². The van der Waals surface area contributed by atoms with Crippen molar-refractivity contribution in [2.24, 2.45) is 0 Å². The van der Waals surface area contributed by atoms with Crippen LogP contribution < -0.4 is 0 Å². The average molecular weight is 333 g/mol. The molecule has 0 aliphatic rings. The van der Waals surface area contributed by atoms with Gasteiger partial charge in [-0.3, -0.25) is 0 Å². The maximum absolute atomic E-state index is 12.5. The van der Waals surface area contributed by atoms with Crippen LogP contribution in [0.5, 0.6) is 0 Å². The number of aromatic nitrogens is 2. The number of imidazole rings is 1. The van der Waals surface area contributed by atoms with E-state index >= 15 is 0 Å². The monoisotopic (exact) mass is 332 g/mol. The first-order valence-corrected chi connectivity index (χ1v) is 8.41. The van der Waals surface area contributed by atoms with Crippen molar-refractivity contribution in [3.05, 3.63) is 71.6 Å². The number of hydrogen-bond acceptors (Lipinski definition) is 3. The number of rotatable bonds is 3. The summed E-state index contributed by atoms with van der Waals surface area (Å²) in [5, 5.41) is 0.621. The molecule has 0 bridgehead atoms. The zero-order valence-electron chi connectivity index (χ0n) is 11.8. The van der Waals surface area contributed by atoms with Gasteiger partial charge in [0.25, 0.3) is 10.0 Å². The normalized spacial score (nSPS) is 11.5. The second kappa shape index (κ2) is 5.59. The zero-order valence-corrected chi connectivity index (χ0v) is 13.3. The van der Waals surface area contributed by atoms with Crippen LogP contribution in [-0.4, -0.2) is 17.4 Å². The third kappa shape index (κ3) is 2.77. The van der Waals surface area contributed by atoms with Gasteiger partial charge in [-0.05, 0) is 31.2 Å². The van der Waals surface area contributed by atoms with E-state index in [0.29, 0.717) is 10.7 Å². The van der Waals surface area contributed by atoms with E-state index in [2.05, 4.69) is 4.98 Å². The van der Waals surface area contributed by atoms with E-state index in [0.717, 1.165) is 15.1 Å². The molecule has 3 rings (SSSR count). The van der Waals surface area contributed by atoms with Crippen molar-refractivity contribution in [2.45, 2.75) is 11.8 Å². The Morgan fingerprint density at radius 3 is 2.27 bits per heavy atom. The Bertz CT molecular complexity index is 898. The molecule has 4 nitrogen and oxygen atoms in total. The molecule has 22 heavy (non-hydrogen) atoms. The first-order valence-electron chi connectivity index (χ1n) is 6.59. The third-order valence-electron chi connectivity index (χ3n) is 3.30. The Kier molecular flexibility index (Phi) is 3.76. The van der Waals surface area contributed by atoms with E-state index in [4.69, 9.17) is 11.6 Å². The van der Waals surface area contributed by atoms with Gasteiger partial charge in [-0.25, -0.2) is 17.4 Å². The fourth-order valence-corrected chi connectivity index (χ4v) is 3.30. The van der Waals surface area contributed by atoms with Crippen molar-refractivity contribution >= 4 is 21.6 Å². The zero-order chi connectivity index (χ0) is 15.7. The van der Waals surface area contributed by atoms with Crippen LogP contribution in [-0.2, 0) is 10.0 Å². The van der Waals surface area contributed by atoms with Gasteiger partial charge in [-0.1, -0.05) is 41.4 Å². The van der Waals surface area contributed by atoms with Gasteiger partial charge in [0, 0.05) is 16.8 Å². The summed E-state index contributed by atoms with van der Waals surface area (Å²) in [6.07, 6.45) is 2.80. The summed E-state index contributed by atoms with van der Waals surface area (Å²) in [5.41, 5.74) is 2.39. The van der Waals surface area contributed by atoms with E-state index in [1.165, 1.54) is 12.5 Å². The number of hydrogen-bond donors (Lipinski definition) is 0. The predicted octanol–water partition coefficient (Wildman–Crippen LogP) is 3.75. The Hall–Kier alpha value is -2.11. The van der Waals surface area contributed by atoms with Crippen LogP contribution in [0.3, 0.4) is 0 Å². The van der Waals surface area contributed by atoms with Crippen molar-refractivity contribution in [3.63, 3.8) is 0 Å². The van der Waals surface area contributed by atoms with Crippen LogP contribution in [0.25, 0.3) is 11.3 Å². The Morgan fingerprint density at radius 1 is 1.00 bits per heavy atom. The van der Waals surface area contributed by atoms with Crippen LogP contribution in [0.4, 0.5) is 0 Å². The number of benzene rings is 2. The first kappa shape index (κ1) is 14.8. The molecule has 6 heteroatoms. The summed E-state index contributed by atoms with van der Waals surface area (Å²) in [6, 6.07) is 13.8. The topological polar surface area (TPSA) is 52.0 Å². The highest BCUT2D eigenvalue weighted by molar-refractivity contribution is 7.90. The predicted molar refractivity (Wildman–Crippen MR) is 86.4 cm³/mol. The van der Waals surface area contributed by atoms with E-state index in [9.17, 15) is 8.42 Å². The maximum atomic E-state index is 12.5. The van der Waals surface area contributed by atoms with Gasteiger partial charge >= 0.3 is 0 Å². The second-order valence-corrected chi connectivity index (χ2v) is 7.19. The van der Waals surface area contributed by atoms with Crippen LogP contribution in [0.2, 0.25) is 5.02 Å². The molecule has 3 aromatic rings. The molecule has 0 fully saturated rings. The third-order valence-corrected chi connectivity index (χ3v) is 5.17. The molecule has 112 valence electrons. The molecule has 0 radical (unpaired) electrons. The lowest BCUT2D eigenvalue weighted by Gasteiger charge is -2.05. The first-order chi connectivity index (χ1) is 10.5. The minimum Gasteiger partial charge on any atom is -0.236 e. The van der Waals surface area contributed by atoms with Gasteiger partial charge in [-0.2, -0.15) is 0 Å². The molecule has 1 aromatic heterocycles. The fraction of sp³-hybridized carbons (Fsp3) is 0.0625. The molecular weight excluding hydrogens is 320 g/mol. The summed E-state index contributed by atoms with van der Waals surface area (Å²) >= 11 is 5.85. The maximum Gasteiger partial charge on any atom is 0.268 e. The van der Waals surface area contributed by atoms with Gasteiger partial charge in [0.2, 0.25) is 0 Å². The van der Waals surface area contributed by atoms with Crippen molar-refractivity contribution in [1.82, 2.24) is 8.96 Å². The smallest absolute Gasteiger partial charge is 0.236 e. The highest BCUT2D eigenvalue weighted by Crippen LogP contribution is 2.22. The van der Waals surface area contributed by atoms with Crippen LogP contribution >= 0.6 is 11.6 Å². The Morgan fingerprint density at radius 2 is 1.64 bits per heavy atom. The lowest BCUT2D eigenvalue weighted by atomic mass is 10.2. The molecule has 0 spiro atoms. The fourth-order valence-electron chi connectivity index (χ4n) is 2.04. The van der Waals surface area contributed by atoms with Gasteiger partial charge in [0.05, 0.1) is 10.6 Å². The van der Waals surface area contributed by atoms with Crippen LogP contribution in [0.15, 0.2) is 66.0 Å². The quantitative estimate of drug-likeness (QED) is 0.734. The summed E-state index contributed by atoms with van der Waals surface area (Å²) < 4.78 is 26.2.